The van der Waals surface area contributed by atoms with Gasteiger partial charge in [-0.1, -0.05) is 58.0 Å². The highest BCUT2D eigenvalue weighted by Gasteiger charge is 2.18. The number of carbonyl (C=O) groups is 1. The molecule has 0 aliphatic carbocycles. The van der Waals surface area contributed by atoms with Crippen molar-refractivity contribution in [3.05, 3.63) is 64.1 Å². The van der Waals surface area contributed by atoms with Crippen LogP contribution in [0.3, 0.4) is 0 Å². The zero-order valence-corrected chi connectivity index (χ0v) is 15.0. The highest BCUT2D eigenvalue weighted by molar-refractivity contribution is 9.10. The van der Waals surface area contributed by atoms with Gasteiger partial charge in [0.05, 0.1) is 12.3 Å². The molecule has 0 spiro atoms. The molecule has 4 nitrogen and oxygen atoms in total. The Morgan fingerprint density at radius 1 is 1.22 bits per heavy atom. The molecule has 118 valence electrons. The molecule has 23 heavy (non-hydrogen) atoms. The first-order valence-corrected chi connectivity index (χ1v) is 8.97. The summed E-state index contributed by atoms with van der Waals surface area (Å²) in [6.45, 7) is 0.559. The molecule has 1 N–H and O–H groups in total. The van der Waals surface area contributed by atoms with Crippen LogP contribution < -0.4 is 10.3 Å². The van der Waals surface area contributed by atoms with Crippen molar-refractivity contribution in [3.8, 4) is 0 Å². The number of nitrogens with zero attached hydrogens (tertiary/aromatic N) is 2. The van der Waals surface area contributed by atoms with Gasteiger partial charge in [-0.3, -0.25) is 4.79 Å². The van der Waals surface area contributed by atoms with Crippen molar-refractivity contribution in [2.24, 2.45) is 5.10 Å². The molecule has 0 fully saturated rings. The number of benzene rings is 2. The lowest BCUT2D eigenvalue weighted by Gasteiger charge is -2.22. The Balaban J connectivity index is 1.95. The van der Waals surface area contributed by atoms with E-state index in [1.807, 2.05) is 55.6 Å². The van der Waals surface area contributed by atoms with Crippen LogP contribution in [0.2, 0.25) is 0 Å². The number of carbonyl (C=O) groups excluding carboxylic acids is 1. The van der Waals surface area contributed by atoms with Crippen LogP contribution in [0.25, 0.3) is 0 Å². The zero-order valence-electron chi connectivity index (χ0n) is 12.6. The fourth-order valence-corrected chi connectivity index (χ4v) is 3.64. The van der Waals surface area contributed by atoms with Crippen LogP contribution in [0.4, 0.5) is 5.69 Å². The highest BCUT2D eigenvalue weighted by atomic mass is 79.9. The first-order chi connectivity index (χ1) is 11.1. The van der Waals surface area contributed by atoms with Gasteiger partial charge in [0.25, 0.3) is 0 Å². The van der Waals surface area contributed by atoms with E-state index in [4.69, 9.17) is 0 Å². The average Bonchev–Trinajstić information content (AvgIpc) is 2.57. The Hall–Kier alpha value is -1.79. The minimum Gasteiger partial charge on any atom is -0.314 e. The lowest BCUT2D eigenvalue weighted by Crippen LogP contribution is -2.30. The molecule has 3 rings (SSSR count). The summed E-state index contributed by atoms with van der Waals surface area (Å²) in [5.74, 6) is 0.408. The Labute approximate surface area is 148 Å². The van der Waals surface area contributed by atoms with E-state index < -0.39 is 0 Å². The van der Waals surface area contributed by atoms with Crippen LogP contribution in [0.1, 0.15) is 11.1 Å². The quantitative estimate of drug-likeness (QED) is 0.809. The van der Waals surface area contributed by atoms with Crippen molar-refractivity contribution in [1.29, 1.82) is 0 Å². The first-order valence-electron chi connectivity index (χ1n) is 7.19. The normalized spacial score (nSPS) is 15.5. The summed E-state index contributed by atoms with van der Waals surface area (Å²) in [5.41, 5.74) is 6.07. The van der Waals surface area contributed by atoms with Crippen LogP contribution in [0, 0.1) is 0 Å². The second-order valence-electron chi connectivity index (χ2n) is 5.13. The molecule has 6 heteroatoms. The molecule has 0 atom stereocenters. The maximum Gasteiger partial charge on any atom is 0.237 e. The van der Waals surface area contributed by atoms with Gasteiger partial charge in [-0.05, 0) is 23.8 Å². The Morgan fingerprint density at radius 3 is 2.78 bits per heavy atom. The third kappa shape index (κ3) is 3.76. The smallest absolute Gasteiger partial charge is 0.237 e. The molecule has 0 unspecified atom stereocenters. The van der Waals surface area contributed by atoms with E-state index in [2.05, 4.69) is 26.5 Å². The van der Waals surface area contributed by atoms with E-state index in [0.29, 0.717) is 12.3 Å². The summed E-state index contributed by atoms with van der Waals surface area (Å²) < 4.78 is 0.984. The van der Waals surface area contributed by atoms with Crippen molar-refractivity contribution in [3.63, 3.8) is 0 Å². The molecular weight excluding hydrogens is 374 g/mol. The van der Waals surface area contributed by atoms with Crippen LogP contribution in [-0.2, 0) is 11.3 Å². The molecule has 0 saturated carbocycles. The zero-order chi connectivity index (χ0) is 16.2. The molecule has 1 aliphatic rings. The van der Waals surface area contributed by atoms with Crippen LogP contribution >= 0.6 is 27.7 Å². The van der Waals surface area contributed by atoms with Gasteiger partial charge >= 0.3 is 0 Å². The minimum absolute atomic E-state index is 0.0594. The standard InChI is InChI=1S/C17H16BrN3OS/c1-21-15-8-7-14(18)9-13(15)10-19-20-17(23-11-16(21)22)12-5-3-2-4-6-12/h2-9,19H,10-11H2,1H3. The fraction of sp³-hybridized carbons (Fsp3) is 0.176. The van der Waals surface area contributed by atoms with Crippen molar-refractivity contribution < 1.29 is 4.79 Å². The molecule has 1 amide bonds. The Bertz CT molecular complexity index is 749. The van der Waals surface area contributed by atoms with E-state index in [-0.39, 0.29) is 5.91 Å². The molecule has 0 radical (unpaired) electrons. The van der Waals surface area contributed by atoms with Crippen LogP contribution in [-0.4, -0.2) is 23.8 Å². The van der Waals surface area contributed by atoms with Gasteiger partial charge < -0.3 is 10.3 Å². The number of halogens is 1. The number of hydrogen-bond donors (Lipinski definition) is 1. The molecule has 2 aromatic rings. The summed E-state index contributed by atoms with van der Waals surface area (Å²) in [6.07, 6.45) is 0. The average molecular weight is 390 g/mol. The number of anilines is 1. The van der Waals surface area contributed by atoms with Crippen molar-refractivity contribution in [2.45, 2.75) is 6.54 Å². The number of hydrogen-bond acceptors (Lipinski definition) is 4. The van der Waals surface area contributed by atoms with Gasteiger partial charge in [0, 0.05) is 22.8 Å². The van der Waals surface area contributed by atoms with E-state index in [0.717, 1.165) is 26.3 Å². The molecular formula is C17H16BrN3OS. The second-order valence-corrected chi connectivity index (χ2v) is 7.01. The third-order valence-corrected chi connectivity index (χ3v) is 5.07. The van der Waals surface area contributed by atoms with Gasteiger partial charge in [-0.25, -0.2) is 0 Å². The van der Waals surface area contributed by atoms with E-state index in [9.17, 15) is 4.79 Å². The Kier molecular flexibility index (Phi) is 5.03. The maximum absolute atomic E-state index is 12.5. The number of nitrogens with one attached hydrogen (secondary N) is 1. The fourth-order valence-electron chi connectivity index (χ4n) is 2.34. The SMILES string of the molecule is CN1C(=O)CSC(c2ccccc2)=NNCc2cc(Br)ccc21. The molecule has 0 saturated heterocycles. The van der Waals surface area contributed by atoms with Crippen molar-refractivity contribution in [1.82, 2.24) is 5.43 Å². The van der Waals surface area contributed by atoms with E-state index in [1.165, 1.54) is 11.8 Å². The van der Waals surface area contributed by atoms with Crippen LogP contribution in [0.15, 0.2) is 58.1 Å². The van der Waals surface area contributed by atoms with E-state index >= 15 is 0 Å². The van der Waals surface area contributed by atoms with Crippen molar-refractivity contribution >= 4 is 44.3 Å². The number of hydrazone groups is 1. The number of fused-ring (bicyclic) bond motifs is 1. The topological polar surface area (TPSA) is 44.7 Å². The molecule has 0 aromatic heterocycles. The molecule has 2 aromatic carbocycles. The predicted molar refractivity (Wildman–Crippen MR) is 99.8 cm³/mol. The Morgan fingerprint density at radius 2 is 2.00 bits per heavy atom. The maximum atomic E-state index is 12.5. The molecule has 0 bridgehead atoms. The summed E-state index contributed by atoms with van der Waals surface area (Å²) in [4.78, 5) is 14.2. The van der Waals surface area contributed by atoms with Gasteiger partial charge in [0.15, 0.2) is 0 Å². The summed E-state index contributed by atoms with van der Waals surface area (Å²) in [6, 6.07) is 15.8. The van der Waals surface area contributed by atoms with Gasteiger partial charge in [-0.2, -0.15) is 5.10 Å². The summed E-state index contributed by atoms with van der Waals surface area (Å²) >= 11 is 4.93. The van der Waals surface area contributed by atoms with Crippen LogP contribution in [0.5, 0.6) is 0 Å². The first kappa shape index (κ1) is 16.1. The van der Waals surface area contributed by atoms with Crippen molar-refractivity contribution in [2.75, 3.05) is 17.7 Å². The predicted octanol–water partition coefficient (Wildman–Crippen LogP) is 3.61. The van der Waals surface area contributed by atoms with Gasteiger partial charge in [0.2, 0.25) is 5.91 Å². The highest BCUT2D eigenvalue weighted by Crippen LogP contribution is 2.26. The number of thioether (sulfide) groups is 1. The third-order valence-electron chi connectivity index (χ3n) is 3.58. The number of amides is 1. The van der Waals surface area contributed by atoms with Gasteiger partial charge in [0.1, 0.15) is 5.04 Å². The molecule has 1 aliphatic heterocycles. The van der Waals surface area contributed by atoms with Gasteiger partial charge in [-0.15, -0.1) is 0 Å². The second kappa shape index (κ2) is 7.19. The molecule has 1 heterocycles. The monoisotopic (exact) mass is 389 g/mol. The lowest BCUT2D eigenvalue weighted by molar-refractivity contribution is -0.115. The summed E-state index contributed by atoms with van der Waals surface area (Å²) in [7, 11) is 1.82. The minimum atomic E-state index is 0.0594. The summed E-state index contributed by atoms with van der Waals surface area (Å²) in [5, 5.41) is 5.31. The van der Waals surface area contributed by atoms with E-state index in [1.54, 1.807) is 4.90 Å². The number of rotatable bonds is 1. The largest absolute Gasteiger partial charge is 0.314 e. The lowest BCUT2D eigenvalue weighted by atomic mass is 10.1.